The molecule has 96 valence electrons. The molecule has 0 unspecified atom stereocenters. The first-order chi connectivity index (χ1) is 9.33. The number of imidazole rings is 1. The van der Waals surface area contributed by atoms with E-state index >= 15 is 0 Å². The zero-order valence-electron chi connectivity index (χ0n) is 10.8. The van der Waals surface area contributed by atoms with E-state index in [0.717, 1.165) is 23.3 Å². The number of aromatic nitrogens is 2. The van der Waals surface area contributed by atoms with Crippen molar-refractivity contribution >= 4 is 16.7 Å². The van der Waals surface area contributed by atoms with Crippen LogP contribution in [0.15, 0.2) is 54.9 Å². The third kappa shape index (κ3) is 2.58. The zero-order valence-corrected chi connectivity index (χ0v) is 10.8. The largest absolute Gasteiger partial charge is 0.334 e. The summed E-state index contributed by atoms with van der Waals surface area (Å²) in [4.78, 5) is 4.36. The second-order valence-corrected chi connectivity index (χ2v) is 4.52. The Balaban J connectivity index is 1.65. The van der Waals surface area contributed by atoms with E-state index in [1.165, 1.54) is 5.56 Å². The van der Waals surface area contributed by atoms with Gasteiger partial charge in [0.05, 0.1) is 17.4 Å². The van der Waals surface area contributed by atoms with Crippen LogP contribution in [0.4, 0.5) is 5.69 Å². The van der Waals surface area contributed by atoms with Crippen molar-refractivity contribution in [3.05, 3.63) is 60.4 Å². The molecule has 2 aromatic carbocycles. The summed E-state index contributed by atoms with van der Waals surface area (Å²) in [5.41, 5.74) is 10.8. The van der Waals surface area contributed by atoms with E-state index in [-0.39, 0.29) is 0 Å². The van der Waals surface area contributed by atoms with Gasteiger partial charge in [0.2, 0.25) is 0 Å². The van der Waals surface area contributed by atoms with Crippen molar-refractivity contribution in [2.45, 2.75) is 6.54 Å². The Kier molecular flexibility index (Phi) is 3.16. The third-order valence-corrected chi connectivity index (χ3v) is 3.09. The molecule has 0 saturated heterocycles. The van der Waals surface area contributed by atoms with Crippen molar-refractivity contribution in [3.63, 3.8) is 0 Å². The molecule has 1 heterocycles. The van der Waals surface area contributed by atoms with Gasteiger partial charge in [0.25, 0.3) is 0 Å². The molecule has 0 aliphatic rings. The molecule has 1 aromatic heterocycles. The Hall–Kier alpha value is -2.33. The number of benzene rings is 2. The second kappa shape index (κ2) is 5.12. The van der Waals surface area contributed by atoms with E-state index in [1.807, 2.05) is 48.3 Å². The van der Waals surface area contributed by atoms with Crippen LogP contribution in [-0.2, 0) is 13.6 Å². The standard InChI is InChI=1S/C15H16N4/c1-19-11-16-14-9-12(7-8-15(14)19)10-17-18-13-5-3-2-4-6-13/h2-9,11,17-18H,10H2,1H3. The van der Waals surface area contributed by atoms with E-state index in [2.05, 4.69) is 34.0 Å². The number of hydrogen-bond acceptors (Lipinski definition) is 3. The summed E-state index contributed by atoms with van der Waals surface area (Å²) < 4.78 is 2.02. The molecule has 0 aliphatic carbocycles. The zero-order chi connectivity index (χ0) is 13.1. The van der Waals surface area contributed by atoms with Gasteiger partial charge in [-0.25, -0.2) is 10.4 Å². The average molecular weight is 252 g/mol. The smallest absolute Gasteiger partial charge is 0.0955 e. The van der Waals surface area contributed by atoms with Crippen LogP contribution in [0.5, 0.6) is 0 Å². The summed E-state index contributed by atoms with van der Waals surface area (Å²) in [7, 11) is 2.00. The summed E-state index contributed by atoms with van der Waals surface area (Å²) >= 11 is 0. The van der Waals surface area contributed by atoms with Crippen LogP contribution >= 0.6 is 0 Å². The second-order valence-electron chi connectivity index (χ2n) is 4.52. The normalized spacial score (nSPS) is 10.8. The Morgan fingerprint density at radius 1 is 1.11 bits per heavy atom. The molecule has 0 amide bonds. The first-order valence-electron chi connectivity index (χ1n) is 6.27. The van der Waals surface area contributed by atoms with Crippen LogP contribution in [0.1, 0.15) is 5.56 Å². The molecular formula is C15H16N4. The average Bonchev–Trinajstić information content (AvgIpc) is 2.81. The summed E-state index contributed by atoms with van der Waals surface area (Å²) in [6.45, 7) is 0.751. The number of nitrogens with zero attached hydrogens (tertiary/aromatic N) is 2. The van der Waals surface area contributed by atoms with E-state index in [0.29, 0.717) is 0 Å². The van der Waals surface area contributed by atoms with Gasteiger partial charge in [0.15, 0.2) is 0 Å². The van der Waals surface area contributed by atoms with Gasteiger partial charge in [0, 0.05) is 19.3 Å². The Bertz CT molecular complexity index is 673. The monoisotopic (exact) mass is 252 g/mol. The molecule has 2 N–H and O–H groups in total. The van der Waals surface area contributed by atoms with Crippen molar-refractivity contribution in [1.29, 1.82) is 0 Å². The Labute approximate surface area is 112 Å². The van der Waals surface area contributed by atoms with Gasteiger partial charge in [-0.1, -0.05) is 24.3 Å². The van der Waals surface area contributed by atoms with Crippen molar-refractivity contribution in [1.82, 2.24) is 15.0 Å². The lowest BCUT2D eigenvalue weighted by Gasteiger charge is -2.08. The van der Waals surface area contributed by atoms with Gasteiger partial charge in [-0.3, -0.25) is 0 Å². The maximum Gasteiger partial charge on any atom is 0.0955 e. The Morgan fingerprint density at radius 3 is 2.79 bits per heavy atom. The van der Waals surface area contributed by atoms with Gasteiger partial charge in [-0.15, -0.1) is 0 Å². The number of rotatable bonds is 4. The molecule has 19 heavy (non-hydrogen) atoms. The highest BCUT2D eigenvalue weighted by molar-refractivity contribution is 5.75. The first-order valence-corrected chi connectivity index (χ1v) is 6.27. The molecule has 3 aromatic rings. The van der Waals surface area contributed by atoms with Crippen molar-refractivity contribution in [2.24, 2.45) is 7.05 Å². The molecule has 3 rings (SSSR count). The van der Waals surface area contributed by atoms with Crippen molar-refractivity contribution < 1.29 is 0 Å². The summed E-state index contributed by atoms with van der Waals surface area (Å²) in [5, 5.41) is 0. The number of aryl methyl sites for hydroxylation is 1. The van der Waals surface area contributed by atoms with Gasteiger partial charge in [-0.05, 0) is 29.8 Å². The molecule has 4 heteroatoms. The number of hydrazine groups is 1. The molecule has 0 saturated carbocycles. The molecule has 0 aliphatic heterocycles. The van der Waals surface area contributed by atoms with Crippen LogP contribution in [0.25, 0.3) is 11.0 Å². The van der Waals surface area contributed by atoms with E-state index in [4.69, 9.17) is 0 Å². The predicted molar refractivity (Wildman–Crippen MR) is 77.6 cm³/mol. The lowest BCUT2D eigenvalue weighted by Crippen LogP contribution is -2.20. The number of para-hydroxylation sites is 1. The topological polar surface area (TPSA) is 41.9 Å². The minimum atomic E-state index is 0.751. The minimum absolute atomic E-state index is 0.751. The molecule has 0 radical (unpaired) electrons. The van der Waals surface area contributed by atoms with E-state index in [1.54, 1.807) is 0 Å². The van der Waals surface area contributed by atoms with E-state index < -0.39 is 0 Å². The van der Waals surface area contributed by atoms with Crippen molar-refractivity contribution in [2.75, 3.05) is 5.43 Å². The van der Waals surface area contributed by atoms with Crippen LogP contribution in [0.3, 0.4) is 0 Å². The maximum absolute atomic E-state index is 4.36. The number of hydrogen-bond donors (Lipinski definition) is 2. The molecule has 0 spiro atoms. The van der Waals surface area contributed by atoms with Gasteiger partial charge >= 0.3 is 0 Å². The molecule has 4 nitrogen and oxygen atoms in total. The third-order valence-electron chi connectivity index (χ3n) is 3.09. The number of fused-ring (bicyclic) bond motifs is 1. The quantitative estimate of drug-likeness (QED) is 0.701. The van der Waals surface area contributed by atoms with Gasteiger partial charge in [-0.2, -0.15) is 0 Å². The molecule has 0 atom stereocenters. The fourth-order valence-corrected chi connectivity index (χ4v) is 2.06. The summed E-state index contributed by atoms with van der Waals surface area (Å²) in [6.07, 6.45) is 1.84. The van der Waals surface area contributed by atoms with Crippen LogP contribution < -0.4 is 10.9 Å². The van der Waals surface area contributed by atoms with Crippen molar-refractivity contribution in [3.8, 4) is 0 Å². The number of nitrogens with one attached hydrogen (secondary N) is 2. The van der Waals surface area contributed by atoms with Gasteiger partial charge in [0.1, 0.15) is 0 Å². The summed E-state index contributed by atoms with van der Waals surface area (Å²) in [5.74, 6) is 0. The fraction of sp³-hybridized carbons (Fsp3) is 0.133. The minimum Gasteiger partial charge on any atom is -0.334 e. The molecular weight excluding hydrogens is 236 g/mol. The molecule has 0 bridgehead atoms. The van der Waals surface area contributed by atoms with Crippen LogP contribution in [-0.4, -0.2) is 9.55 Å². The lowest BCUT2D eigenvalue weighted by molar-refractivity contribution is 0.802. The SMILES string of the molecule is Cn1cnc2cc(CNNc3ccccc3)ccc21. The van der Waals surface area contributed by atoms with E-state index in [9.17, 15) is 0 Å². The first kappa shape index (κ1) is 11.7. The van der Waals surface area contributed by atoms with Crippen LogP contribution in [0, 0.1) is 0 Å². The maximum atomic E-state index is 4.36. The summed E-state index contributed by atoms with van der Waals surface area (Å²) in [6, 6.07) is 16.4. The Morgan fingerprint density at radius 2 is 1.95 bits per heavy atom. The van der Waals surface area contributed by atoms with Crippen LogP contribution in [0.2, 0.25) is 0 Å². The highest BCUT2D eigenvalue weighted by Gasteiger charge is 2.00. The highest BCUT2D eigenvalue weighted by Crippen LogP contribution is 2.13. The number of anilines is 1. The lowest BCUT2D eigenvalue weighted by atomic mass is 10.2. The fourth-order valence-electron chi connectivity index (χ4n) is 2.06. The molecule has 0 fully saturated rings. The predicted octanol–water partition coefficient (Wildman–Crippen LogP) is 2.69. The highest BCUT2D eigenvalue weighted by atomic mass is 15.3. The van der Waals surface area contributed by atoms with Gasteiger partial charge < -0.3 is 9.99 Å².